The molecule has 1 heterocycles. The second-order valence-corrected chi connectivity index (χ2v) is 6.86. The van der Waals surface area contributed by atoms with E-state index in [0.29, 0.717) is 0 Å². The Kier molecular flexibility index (Phi) is 3.46. The summed E-state index contributed by atoms with van der Waals surface area (Å²) in [4.78, 5) is 1.31. The van der Waals surface area contributed by atoms with Crippen LogP contribution < -0.4 is 0 Å². The summed E-state index contributed by atoms with van der Waals surface area (Å²) < 4.78 is 1.34. The van der Waals surface area contributed by atoms with E-state index in [-0.39, 0.29) is 0 Å². The molecule has 0 aliphatic heterocycles. The molecule has 0 amide bonds. The molecule has 0 aliphatic carbocycles. The quantitative estimate of drug-likeness (QED) is 0.528. The lowest BCUT2D eigenvalue weighted by Gasteiger charge is -2.13. The third-order valence-corrected chi connectivity index (χ3v) is 5.43. The van der Waals surface area contributed by atoms with Gasteiger partial charge in [0, 0.05) is 9.58 Å². The summed E-state index contributed by atoms with van der Waals surface area (Å²) in [5.74, 6) is 0. The maximum atomic E-state index is 4.41. The number of fused-ring (bicyclic) bond motifs is 1. The predicted molar refractivity (Wildman–Crippen MR) is 95.4 cm³/mol. The zero-order chi connectivity index (χ0) is 15.1. The molecule has 1 aromatic heterocycles. The number of benzene rings is 2. The minimum Gasteiger partial charge on any atom is -0.135 e. The Hall–Kier alpha value is -1.86. The summed E-state index contributed by atoms with van der Waals surface area (Å²) in [5, 5.41) is 1.35. The van der Waals surface area contributed by atoms with Gasteiger partial charge in [-0.1, -0.05) is 42.5 Å². The second-order valence-electron chi connectivity index (χ2n) is 5.80. The van der Waals surface area contributed by atoms with Gasteiger partial charge in [-0.05, 0) is 67.0 Å². The van der Waals surface area contributed by atoms with Crippen LogP contribution in [-0.4, -0.2) is 0 Å². The van der Waals surface area contributed by atoms with Crippen molar-refractivity contribution in [3.05, 3.63) is 75.7 Å². The topological polar surface area (TPSA) is 0 Å². The van der Waals surface area contributed by atoms with Crippen LogP contribution in [0.2, 0.25) is 0 Å². The molecule has 1 heteroatoms. The molecule has 2 aromatic carbocycles. The fourth-order valence-corrected chi connectivity index (χ4v) is 4.42. The van der Waals surface area contributed by atoms with Crippen LogP contribution in [0.15, 0.2) is 43.0 Å². The van der Waals surface area contributed by atoms with Crippen LogP contribution in [0.3, 0.4) is 0 Å². The molecule has 0 N–H and O–H groups in total. The molecule has 0 nitrogen and oxygen atoms in total. The summed E-state index contributed by atoms with van der Waals surface area (Å²) in [7, 11) is 0. The molecule has 0 unspecified atom stereocenters. The molecule has 0 bridgehead atoms. The maximum absolute atomic E-state index is 4.41. The first-order valence-corrected chi connectivity index (χ1v) is 8.06. The molecular formula is C20H20S. The Balaban J connectivity index is 2.20. The number of rotatable bonds is 2. The molecule has 3 rings (SSSR count). The van der Waals surface area contributed by atoms with E-state index in [1.165, 1.54) is 42.8 Å². The summed E-state index contributed by atoms with van der Waals surface area (Å²) >= 11 is 1.85. The highest BCUT2D eigenvalue weighted by molar-refractivity contribution is 7.20. The van der Waals surface area contributed by atoms with E-state index < -0.39 is 0 Å². The van der Waals surface area contributed by atoms with Crippen molar-refractivity contribution in [3.8, 4) is 0 Å². The van der Waals surface area contributed by atoms with Gasteiger partial charge in [-0.3, -0.25) is 0 Å². The first kappa shape index (κ1) is 14.1. The number of thiophene rings is 1. The van der Waals surface area contributed by atoms with E-state index in [9.17, 15) is 0 Å². The van der Waals surface area contributed by atoms with Gasteiger partial charge < -0.3 is 0 Å². The van der Waals surface area contributed by atoms with Gasteiger partial charge in [0.1, 0.15) is 0 Å². The average Bonchev–Trinajstić information content (AvgIpc) is 2.75. The minimum atomic E-state index is 1.16. The summed E-state index contributed by atoms with van der Waals surface area (Å²) in [6.45, 7) is 13.1. The summed E-state index contributed by atoms with van der Waals surface area (Å²) in [5.41, 5.74) is 7.75. The number of hydrogen-bond donors (Lipinski definition) is 0. The highest BCUT2D eigenvalue weighted by Gasteiger charge is 2.15. The molecular weight excluding hydrogens is 272 g/mol. The molecule has 21 heavy (non-hydrogen) atoms. The van der Waals surface area contributed by atoms with E-state index in [2.05, 4.69) is 70.7 Å². The fraction of sp³-hybridized carbons (Fsp3) is 0.200. The van der Waals surface area contributed by atoms with E-state index in [1.807, 2.05) is 11.3 Å². The van der Waals surface area contributed by atoms with Crippen LogP contribution >= 0.6 is 11.3 Å². The van der Waals surface area contributed by atoms with Gasteiger partial charge in [-0.15, -0.1) is 11.3 Å². The maximum Gasteiger partial charge on any atom is 0.0384 e. The Morgan fingerprint density at radius 1 is 0.952 bits per heavy atom. The van der Waals surface area contributed by atoms with Crippen LogP contribution in [-0.2, 0) is 0 Å². The first-order valence-electron chi connectivity index (χ1n) is 7.24. The SMILES string of the molecule is C=C(c1sc2ccccc2c1C)c1c(C)cc(C)cc1C. The van der Waals surface area contributed by atoms with Crippen molar-refractivity contribution in [1.82, 2.24) is 0 Å². The molecule has 106 valence electrons. The smallest absolute Gasteiger partial charge is 0.0384 e. The van der Waals surface area contributed by atoms with Gasteiger partial charge in [-0.2, -0.15) is 0 Å². The Morgan fingerprint density at radius 2 is 1.57 bits per heavy atom. The van der Waals surface area contributed by atoms with Crippen molar-refractivity contribution >= 4 is 27.0 Å². The monoisotopic (exact) mass is 292 g/mol. The molecule has 0 saturated heterocycles. The first-order chi connectivity index (χ1) is 9.99. The zero-order valence-electron chi connectivity index (χ0n) is 13.1. The molecule has 0 atom stereocenters. The van der Waals surface area contributed by atoms with Crippen LogP contribution in [0, 0.1) is 27.7 Å². The standard InChI is InChI=1S/C20H20S/c1-12-10-13(2)19(14(3)11-12)16(5)20-15(4)17-8-6-7-9-18(17)21-20/h6-11H,5H2,1-4H3. The number of hydrogen-bond acceptors (Lipinski definition) is 1. The highest BCUT2D eigenvalue weighted by atomic mass is 32.1. The molecule has 0 fully saturated rings. The highest BCUT2D eigenvalue weighted by Crippen LogP contribution is 2.39. The van der Waals surface area contributed by atoms with Crippen molar-refractivity contribution in [3.63, 3.8) is 0 Å². The van der Waals surface area contributed by atoms with Crippen LogP contribution in [0.4, 0.5) is 0 Å². The van der Waals surface area contributed by atoms with Crippen molar-refractivity contribution in [2.45, 2.75) is 27.7 Å². The van der Waals surface area contributed by atoms with Crippen molar-refractivity contribution < 1.29 is 0 Å². The molecule has 0 aliphatic rings. The third kappa shape index (κ3) is 2.32. The Morgan fingerprint density at radius 3 is 2.19 bits per heavy atom. The van der Waals surface area contributed by atoms with Crippen molar-refractivity contribution in [2.75, 3.05) is 0 Å². The molecule has 0 radical (unpaired) electrons. The predicted octanol–water partition coefficient (Wildman–Crippen LogP) is 6.20. The fourth-order valence-electron chi connectivity index (χ4n) is 3.23. The minimum absolute atomic E-state index is 1.16. The van der Waals surface area contributed by atoms with Crippen molar-refractivity contribution in [2.24, 2.45) is 0 Å². The second kappa shape index (κ2) is 5.16. The van der Waals surface area contributed by atoms with Gasteiger partial charge in [0.05, 0.1) is 0 Å². The largest absolute Gasteiger partial charge is 0.135 e. The van der Waals surface area contributed by atoms with E-state index in [1.54, 1.807) is 0 Å². The zero-order valence-corrected chi connectivity index (χ0v) is 13.9. The summed E-state index contributed by atoms with van der Waals surface area (Å²) in [6, 6.07) is 13.1. The van der Waals surface area contributed by atoms with E-state index in [4.69, 9.17) is 0 Å². The van der Waals surface area contributed by atoms with Crippen LogP contribution in [0.1, 0.15) is 32.7 Å². The molecule has 0 spiro atoms. The lowest BCUT2D eigenvalue weighted by atomic mass is 9.92. The molecule has 0 saturated carbocycles. The van der Waals surface area contributed by atoms with Crippen LogP contribution in [0.5, 0.6) is 0 Å². The van der Waals surface area contributed by atoms with Gasteiger partial charge in [0.2, 0.25) is 0 Å². The Labute approximate surface area is 130 Å². The van der Waals surface area contributed by atoms with Gasteiger partial charge >= 0.3 is 0 Å². The Bertz CT molecular complexity index is 826. The average molecular weight is 292 g/mol. The van der Waals surface area contributed by atoms with E-state index in [0.717, 1.165) is 5.57 Å². The summed E-state index contributed by atoms with van der Waals surface area (Å²) in [6.07, 6.45) is 0. The van der Waals surface area contributed by atoms with Crippen molar-refractivity contribution in [1.29, 1.82) is 0 Å². The molecule has 3 aromatic rings. The van der Waals surface area contributed by atoms with Gasteiger partial charge in [-0.25, -0.2) is 0 Å². The van der Waals surface area contributed by atoms with Gasteiger partial charge in [0.15, 0.2) is 0 Å². The lowest BCUT2D eigenvalue weighted by molar-refractivity contribution is 1.29. The number of aryl methyl sites for hydroxylation is 4. The lowest BCUT2D eigenvalue weighted by Crippen LogP contribution is -1.95. The van der Waals surface area contributed by atoms with Crippen LogP contribution in [0.25, 0.3) is 15.7 Å². The van der Waals surface area contributed by atoms with E-state index >= 15 is 0 Å². The van der Waals surface area contributed by atoms with Gasteiger partial charge in [0.25, 0.3) is 0 Å². The third-order valence-electron chi connectivity index (χ3n) is 4.10. The normalized spacial score (nSPS) is 11.0.